The van der Waals surface area contributed by atoms with E-state index >= 15 is 0 Å². The van der Waals surface area contributed by atoms with Crippen LogP contribution in [-0.2, 0) is 19.6 Å². The van der Waals surface area contributed by atoms with Crippen LogP contribution >= 0.6 is 11.6 Å². The minimum atomic E-state index is -3.40. The molecule has 2 saturated heterocycles. The van der Waals surface area contributed by atoms with E-state index in [1.165, 1.54) is 4.31 Å². The normalized spacial score (nSPS) is 30.1. The van der Waals surface area contributed by atoms with Crippen molar-refractivity contribution >= 4 is 33.4 Å². The molecule has 7 nitrogen and oxygen atoms in total. The average Bonchev–Trinajstić information content (AvgIpc) is 3.72. The van der Waals surface area contributed by atoms with Crippen molar-refractivity contribution in [2.24, 2.45) is 17.8 Å². The number of carbonyl (C=O) groups is 2. The SMILES string of the molecule is CS(=O)(=O)N1CCC[C@H](C(=O)N2[C@@H](C(=O)N[C@@H](c3cc(F)c(Cl)cc3F)C3CC3)C[C@H]3C[C@H]32)C1. The van der Waals surface area contributed by atoms with Gasteiger partial charge in [-0.05, 0) is 62.5 Å². The summed E-state index contributed by atoms with van der Waals surface area (Å²) in [5.74, 6) is -2.22. The van der Waals surface area contributed by atoms with Crippen LogP contribution in [0.2, 0.25) is 5.02 Å². The zero-order valence-electron chi connectivity index (χ0n) is 18.8. The Morgan fingerprint density at radius 2 is 1.88 bits per heavy atom. The summed E-state index contributed by atoms with van der Waals surface area (Å²) in [5.41, 5.74) is 0.0647. The fraction of sp³-hybridized carbons (Fsp3) is 0.652. The Balaban J connectivity index is 1.33. The molecule has 0 unspecified atom stereocenters. The van der Waals surface area contributed by atoms with Crippen LogP contribution in [0.15, 0.2) is 12.1 Å². The smallest absolute Gasteiger partial charge is 0.243 e. The molecule has 5 atom stereocenters. The quantitative estimate of drug-likeness (QED) is 0.590. The molecule has 0 radical (unpaired) electrons. The summed E-state index contributed by atoms with van der Waals surface area (Å²) in [4.78, 5) is 28.5. The van der Waals surface area contributed by atoms with Crippen LogP contribution in [0.25, 0.3) is 0 Å². The van der Waals surface area contributed by atoms with Gasteiger partial charge in [-0.1, -0.05) is 11.6 Å². The minimum absolute atomic E-state index is 0.000720. The number of likely N-dealkylation sites (tertiary alicyclic amines) is 1. The van der Waals surface area contributed by atoms with Gasteiger partial charge >= 0.3 is 0 Å². The van der Waals surface area contributed by atoms with E-state index in [1.807, 2.05) is 0 Å². The number of halogens is 3. The molecule has 2 aliphatic heterocycles. The average molecular weight is 516 g/mol. The number of hydrogen-bond acceptors (Lipinski definition) is 4. The third kappa shape index (κ3) is 4.56. The highest BCUT2D eigenvalue weighted by molar-refractivity contribution is 7.88. The van der Waals surface area contributed by atoms with Gasteiger partial charge in [-0.25, -0.2) is 21.5 Å². The zero-order valence-corrected chi connectivity index (χ0v) is 20.4. The summed E-state index contributed by atoms with van der Waals surface area (Å²) in [6, 6.07) is 0.568. The highest BCUT2D eigenvalue weighted by Crippen LogP contribution is 2.49. The first-order chi connectivity index (χ1) is 16.0. The Bertz CT molecular complexity index is 1130. The lowest BCUT2D eigenvalue weighted by atomic mass is 9.96. The largest absolute Gasteiger partial charge is 0.347 e. The summed E-state index contributed by atoms with van der Waals surface area (Å²) in [6.07, 6.45) is 5.24. The molecule has 1 aromatic carbocycles. The third-order valence-corrected chi connectivity index (χ3v) is 9.19. The molecular weight excluding hydrogens is 488 g/mol. The first-order valence-electron chi connectivity index (χ1n) is 11.8. The third-order valence-electron chi connectivity index (χ3n) is 7.63. The van der Waals surface area contributed by atoms with Gasteiger partial charge in [0, 0.05) is 24.7 Å². The second-order valence-electron chi connectivity index (χ2n) is 10.1. The number of amides is 2. The number of benzene rings is 1. The van der Waals surface area contributed by atoms with Crippen molar-refractivity contribution < 1.29 is 26.8 Å². The first kappa shape index (κ1) is 23.9. The van der Waals surface area contributed by atoms with Crippen LogP contribution in [-0.4, -0.2) is 60.9 Å². The maximum atomic E-state index is 14.6. The number of nitrogens with one attached hydrogen (secondary N) is 1. The lowest BCUT2D eigenvalue weighted by molar-refractivity contribution is -0.144. The Morgan fingerprint density at radius 1 is 1.15 bits per heavy atom. The molecule has 0 aromatic heterocycles. The van der Waals surface area contributed by atoms with Crippen molar-refractivity contribution in [1.82, 2.24) is 14.5 Å². The second-order valence-corrected chi connectivity index (χ2v) is 12.5. The van der Waals surface area contributed by atoms with Gasteiger partial charge < -0.3 is 10.2 Å². The monoisotopic (exact) mass is 515 g/mol. The van der Waals surface area contributed by atoms with Crippen LogP contribution in [0.5, 0.6) is 0 Å². The van der Waals surface area contributed by atoms with E-state index in [-0.39, 0.29) is 46.8 Å². The van der Waals surface area contributed by atoms with Crippen molar-refractivity contribution in [3.05, 3.63) is 34.4 Å². The minimum Gasteiger partial charge on any atom is -0.347 e. The van der Waals surface area contributed by atoms with Gasteiger partial charge in [0.05, 0.1) is 23.2 Å². The van der Waals surface area contributed by atoms with Crippen molar-refractivity contribution in [1.29, 1.82) is 0 Å². The number of nitrogens with zero attached hydrogens (tertiary/aromatic N) is 2. The van der Waals surface area contributed by atoms with E-state index in [2.05, 4.69) is 5.32 Å². The summed E-state index contributed by atoms with van der Waals surface area (Å²) in [5, 5.41) is 2.58. The fourth-order valence-corrected chi connectivity index (χ4v) is 6.63. The van der Waals surface area contributed by atoms with Crippen LogP contribution in [0, 0.1) is 29.4 Å². The number of carbonyl (C=O) groups excluding carboxylic acids is 2. The first-order valence-corrected chi connectivity index (χ1v) is 14.0. The highest BCUT2D eigenvalue weighted by atomic mass is 35.5. The van der Waals surface area contributed by atoms with Crippen molar-refractivity contribution in [2.75, 3.05) is 19.3 Å². The number of piperidine rings is 2. The van der Waals surface area contributed by atoms with Gasteiger partial charge in [-0.2, -0.15) is 0 Å². The van der Waals surface area contributed by atoms with E-state index in [4.69, 9.17) is 11.6 Å². The molecule has 2 amide bonds. The predicted molar refractivity (Wildman–Crippen MR) is 121 cm³/mol. The van der Waals surface area contributed by atoms with Crippen molar-refractivity contribution in [2.45, 2.75) is 56.7 Å². The highest BCUT2D eigenvalue weighted by Gasteiger charge is 2.57. The van der Waals surface area contributed by atoms with Crippen LogP contribution in [0.1, 0.15) is 50.1 Å². The lowest BCUT2D eigenvalue weighted by Crippen LogP contribution is -2.53. The topological polar surface area (TPSA) is 86.8 Å². The van der Waals surface area contributed by atoms with Gasteiger partial charge in [0.1, 0.15) is 17.7 Å². The van der Waals surface area contributed by atoms with E-state index in [0.29, 0.717) is 25.8 Å². The maximum absolute atomic E-state index is 14.6. The summed E-state index contributed by atoms with van der Waals surface area (Å²) in [6.45, 7) is 0.519. The second kappa shape index (κ2) is 8.71. The molecule has 0 spiro atoms. The number of sulfonamides is 1. The number of fused-ring (bicyclic) bond motifs is 1. The van der Waals surface area contributed by atoms with Gasteiger partial charge in [-0.3, -0.25) is 9.59 Å². The molecule has 4 aliphatic rings. The molecule has 1 N–H and O–H groups in total. The van der Waals surface area contributed by atoms with E-state index in [9.17, 15) is 26.8 Å². The summed E-state index contributed by atoms with van der Waals surface area (Å²) >= 11 is 5.69. The molecular formula is C23H28ClF2N3O4S. The Hall–Kier alpha value is -1.78. The Kier molecular flexibility index (Phi) is 6.13. The maximum Gasteiger partial charge on any atom is 0.243 e. The number of rotatable bonds is 6. The molecule has 186 valence electrons. The van der Waals surface area contributed by atoms with E-state index in [1.54, 1.807) is 4.90 Å². The molecule has 34 heavy (non-hydrogen) atoms. The fourth-order valence-electron chi connectivity index (χ4n) is 5.57. The van der Waals surface area contributed by atoms with Crippen molar-refractivity contribution in [3.8, 4) is 0 Å². The van der Waals surface area contributed by atoms with Crippen LogP contribution < -0.4 is 5.32 Å². The van der Waals surface area contributed by atoms with E-state index < -0.39 is 39.7 Å². The molecule has 2 aliphatic carbocycles. The molecule has 4 fully saturated rings. The molecule has 5 rings (SSSR count). The molecule has 1 aromatic rings. The Labute approximate surface area is 202 Å². The van der Waals surface area contributed by atoms with Crippen LogP contribution in [0.4, 0.5) is 8.78 Å². The molecule has 11 heteroatoms. The zero-order chi connectivity index (χ0) is 24.4. The summed E-state index contributed by atoms with van der Waals surface area (Å²) in [7, 11) is -3.40. The number of hydrogen-bond donors (Lipinski definition) is 1. The molecule has 0 bridgehead atoms. The van der Waals surface area contributed by atoms with E-state index in [0.717, 1.165) is 37.7 Å². The van der Waals surface area contributed by atoms with Gasteiger partial charge in [0.2, 0.25) is 21.8 Å². The molecule has 2 heterocycles. The summed E-state index contributed by atoms with van der Waals surface area (Å²) < 4.78 is 54.0. The van der Waals surface area contributed by atoms with Gasteiger partial charge in [-0.15, -0.1) is 0 Å². The van der Waals surface area contributed by atoms with Gasteiger partial charge in [0.25, 0.3) is 0 Å². The Morgan fingerprint density at radius 3 is 2.56 bits per heavy atom. The molecule has 2 saturated carbocycles. The van der Waals surface area contributed by atoms with Crippen LogP contribution in [0.3, 0.4) is 0 Å². The van der Waals surface area contributed by atoms with Crippen molar-refractivity contribution in [3.63, 3.8) is 0 Å². The van der Waals surface area contributed by atoms with Gasteiger partial charge in [0.15, 0.2) is 0 Å². The lowest BCUT2D eigenvalue weighted by Gasteiger charge is -2.35. The standard InChI is InChI=1S/C23H28ClF2N3O4S/c1-34(32,33)28-6-2-3-13(11-28)23(31)29-19-7-14(19)8-20(29)22(30)27-21(12-4-5-12)15-9-18(26)16(24)10-17(15)25/h9-10,12-14,19-21H,2-8,11H2,1H3,(H,27,30)/t13-,14+,19+,20+,21+/m0/s1. The predicted octanol–water partition coefficient (Wildman–Crippen LogP) is 2.85.